The highest BCUT2D eigenvalue weighted by Crippen LogP contribution is 2.14. The summed E-state index contributed by atoms with van der Waals surface area (Å²) in [5.41, 5.74) is -0.511. The van der Waals surface area contributed by atoms with E-state index in [4.69, 9.17) is 9.84 Å². The number of rotatable bonds is 4. The molecule has 0 saturated carbocycles. The van der Waals surface area contributed by atoms with Gasteiger partial charge in [0.1, 0.15) is 6.10 Å². The number of ether oxygens (including phenoxy) is 1. The Morgan fingerprint density at radius 1 is 1.71 bits per heavy atom. The van der Waals surface area contributed by atoms with Gasteiger partial charge in [0.05, 0.1) is 12.1 Å². The third-order valence-electron chi connectivity index (χ3n) is 2.78. The van der Waals surface area contributed by atoms with Crippen LogP contribution in [0.1, 0.15) is 33.1 Å². The predicted molar refractivity (Wildman–Crippen MR) is 52.9 cm³/mol. The quantitative estimate of drug-likeness (QED) is 0.694. The van der Waals surface area contributed by atoms with Crippen LogP contribution in [0.2, 0.25) is 0 Å². The standard InChI is InChI=1S/C10H19NO3/c1-3-10(2,7-12)11-9(13)8-5-4-6-14-8/h8,12H,3-7H2,1-2H3,(H,11,13)/t8-,10?/m0/s1. The summed E-state index contributed by atoms with van der Waals surface area (Å²) in [5, 5.41) is 11.9. The third-order valence-corrected chi connectivity index (χ3v) is 2.78. The highest BCUT2D eigenvalue weighted by Gasteiger charge is 2.29. The van der Waals surface area contributed by atoms with Crippen molar-refractivity contribution in [2.45, 2.75) is 44.8 Å². The molecule has 4 heteroatoms. The molecule has 1 unspecified atom stereocenters. The molecule has 0 aromatic heterocycles. The zero-order chi connectivity index (χ0) is 10.6. The maximum absolute atomic E-state index is 11.6. The Hall–Kier alpha value is -0.610. The highest BCUT2D eigenvalue weighted by molar-refractivity contribution is 5.81. The number of hydrogen-bond acceptors (Lipinski definition) is 3. The summed E-state index contributed by atoms with van der Waals surface area (Å²) >= 11 is 0. The minimum absolute atomic E-state index is 0.0397. The average Bonchev–Trinajstić information content (AvgIpc) is 2.70. The van der Waals surface area contributed by atoms with Gasteiger partial charge >= 0.3 is 0 Å². The van der Waals surface area contributed by atoms with Gasteiger partial charge in [0.15, 0.2) is 0 Å². The van der Waals surface area contributed by atoms with E-state index in [-0.39, 0.29) is 18.6 Å². The van der Waals surface area contributed by atoms with Crippen molar-refractivity contribution >= 4 is 5.91 Å². The van der Waals surface area contributed by atoms with Crippen LogP contribution in [0.15, 0.2) is 0 Å². The van der Waals surface area contributed by atoms with Crippen LogP contribution in [0.4, 0.5) is 0 Å². The molecule has 0 aromatic rings. The second kappa shape index (κ2) is 4.75. The molecule has 1 amide bonds. The molecule has 4 nitrogen and oxygen atoms in total. The Bertz CT molecular complexity index is 196. The topological polar surface area (TPSA) is 58.6 Å². The van der Waals surface area contributed by atoms with Crippen LogP contribution in [0.5, 0.6) is 0 Å². The minimum Gasteiger partial charge on any atom is -0.394 e. The van der Waals surface area contributed by atoms with Gasteiger partial charge < -0.3 is 15.2 Å². The van der Waals surface area contributed by atoms with E-state index < -0.39 is 5.54 Å². The summed E-state index contributed by atoms with van der Waals surface area (Å²) in [6.07, 6.45) is 2.13. The molecular weight excluding hydrogens is 182 g/mol. The Labute approximate surface area is 84.6 Å². The first-order valence-corrected chi connectivity index (χ1v) is 5.16. The number of amides is 1. The summed E-state index contributed by atoms with van der Waals surface area (Å²) in [7, 11) is 0. The molecule has 0 aliphatic carbocycles. The molecular formula is C10H19NO3. The van der Waals surface area contributed by atoms with Crippen molar-refractivity contribution in [3.05, 3.63) is 0 Å². The van der Waals surface area contributed by atoms with Crippen LogP contribution < -0.4 is 5.32 Å². The summed E-state index contributed by atoms with van der Waals surface area (Å²) < 4.78 is 5.26. The minimum atomic E-state index is -0.511. The number of aliphatic hydroxyl groups is 1. The fraction of sp³-hybridized carbons (Fsp3) is 0.900. The lowest BCUT2D eigenvalue weighted by atomic mass is 10.00. The van der Waals surface area contributed by atoms with Crippen LogP contribution >= 0.6 is 0 Å². The first-order valence-electron chi connectivity index (χ1n) is 5.16. The van der Waals surface area contributed by atoms with Gasteiger partial charge in [-0.1, -0.05) is 6.92 Å². The average molecular weight is 201 g/mol. The molecule has 1 heterocycles. The molecule has 1 aliphatic heterocycles. The molecule has 0 radical (unpaired) electrons. The maximum Gasteiger partial charge on any atom is 0.249 e. The third kappa shape index (κ3) is 2.69. The largest absolute Gasteiger partial charge is 0.394 e. The number of nitrogens with one attached hydrogen (secondary N) is 1. The van der Waals surface area contributed by atoms with Crippen LogP contribution in [0, 0.1) is 0 Å². The van der Waals surface area contributed by atoms with E-state index in [2.05, 4.69) is 5.32 Å². The SMILES string of the molecule is CCC(C)(CO)NC(=O)[C@@H]1CCCO1. The van der Waals surface area contributed by atoms with E-state index in [0.717, 1.165) is 12.8 Å². The smallest absolute Gasteiger partial charge is 0.249 e. The molecule has 0 spiro atoms. The second-order valence-electron chi connectivity index (χ2n) is 4.06. The Morgan fingerprint density at radius 3 is 2.86 bits per heavy atom. The molecule has 1 rings (SSSR count). The van der Waals surface area contributed by atoms with Gasteiger partial charge in [-0.15, -0.1) is 0 Å². The summed E-state index contributed by atoms with van der Waals surface area (Å²) in [5.74, 6) is -0.0964. The monoisotopic (exact) mass is 201 g/mol. The van der Waals surface area contributed by atoms with E-state index >= 15 is 0 Å². The molecule has 0 aromatic carbocycles. The maximum atomic E-state index is 11.6. The van der Waals surface area contributed by atoms with Crippen molar-refractivity contribution in [1.82, 2.24) is 5.32 Å². The molecule has 2 N–H and O–H groups in total. The van der Waals surface area contributed by atoms with Crippen LogP contribution in [0.3, 0.4) is 0 Å². The Morgan fingerprint density at radius 2 is 2.43 bits per heavy atom. The van der Waals surface area contributed by atoms with E-state index in [0.29, 0.717) is 13.0 Å². The van der Waals surface area contributed by atoms with Gasteiger partial charge in [0, 0.05) is 6.61 Å². The normalized spacial score (nSPS) is 25.8. The predicted octanol–water partition coefficient (Wildman–Crippen LogP) is 0.443. The lowest BCUT2D eigenvalue weighted by Crippen LogP contribution is -2.51. The first kappa shape index (κ1) is 11.5. The van der Waals surface area contributed by atoms with Crippen molar-refractivity contribution in [1.29, 1.82) is 0 Å². The van der Waals surface area contributed by atoms with Crippen molar-refractivity contribution < 1.29 is 14.6 Å². The fourth-order valence-electron chi connectivity index (χ4n) is 1.40. The molecule has 1 aliphatic rings. The van der Waals surface area contributed by atoms with Crippen molar-refractivity contribution in [2.24, 2.45) is 0 Å². The Balaban J connectivity index is 2.45. The molecule has 14 heavy (non-hydrogen) atoms. The second-order valence-corrected chi connectivity index (χ2v) is 4.06. The molecule has 1 fully saturated rings. The van der Waals surface area contributed by atoms with Crippen LogP contribution in [-0.4, -0.2) is 35.9 Å². The van der Waals surface area contributed by atoms with Crippen LogP contribution in [-0.2, 0) is 9.53 Å². The summed E-state index contributed by atoms with van der Waals surface area (Å²) in [6, 6.07) is 0. The van der Waals surface area contributed by atoms with Crippen molar-refractivity contribution in [2.75, 3.05) is 13.2 Å². The summed E-state index contributed by atoms with van der Waals surface area (Å²) in [6.45, 7) is 4.40. The zero-order valence-corrected chi connectivity index (χ0v) is 8.88. The first-order chi connectivity index (χ1) is 6.61. The van der Waals surface area contributed by atoms with E-state index in [9.17, 15) is 4.79 Å². The van der Waals surface area contributed by atoms with Gasteiger partial charge in [0.2, 0.25) is 5.91 Å². The Kier molecular flexibility index (Phi) is 3.89. The van der Waals surface area contributed by atoms with E-state index in [1.165, 1.54) is 0 Å². The van der Waals surface area contributed by atoms with Gasteiger partial charge in [-0.05, 0) is 26.2 Å². The van der Waals surface area contributed by atoms with Gasteiger partial charge in [-0.25, -0.2) is 0 Å². The van der Waals surface area contributed by atoms with E-state index in [1.54, 1.807) is 0 Å². The fourth-order valence-corrected chi connectivity index (χ4v) is 1.40. The number of hydrogen-bond donors (Lipinski definition) is 2. The van der Waals surface area contributed by atoms with Crippen molar-refractivity contribution in [3.63, 3.8) is 0 Å². The van der Waals surface area contributed by atoms with Gasteiger partial charge in [-0.2, -0.15) is 0 Å². The number of carbonyl (C=O) groups excluding carboxylic acids is 1. The number of aliphatic hydroxyl groups excluding tert-OH is 1. The van der Waals surface area contributed by atoms with Crippen LogP contribution in [0.25, 0.3) is 0 Å². The van der Waals surface area contributed by atoms with E-state index in [1.807, 2.05) is 13.8 Å². The highest BCUT2D eigenvalue weighted by atomic mass is 16.5. The summed E-state index contributed by atoms with van der Waals surface area (Å²) in [4.78, 5) is 11.6. The van der Waals surface area contributed by atoms with Gasteiger partial charge in [-0.3, -0.25) is 4.79 Å². The lowest BCUT2D eigenvalue weighted by molar-refractivity contribution is -0.132. The van der Waals surface area contributed by atoms with Gasteiger partial charge in [0.25, 0.3) is 0 Å². The lowest BCUT2D eigenvalue weighted by Gasteiger charge is -2.28. The number of carbonyl (C=O) groups is 1. The molecule has 0 bridgehead atoms. The van der Waals surface area contributed by atoms with Crippen molar-refractivity contribution in [3.8, 4) is 0 Å². The molecule has 82 valence electrons. The molecule has 1 saturated heterocycles. The zero-order valence-electron chi connectivity index (χ0n) is 8.88. The molecule has 2 atom stereocenters.